The van der Waals surface area contributed by atoms with Gasteiger partial charge < -0.3 is 15.2 Å². The molecule has 2 N–H and O–H groups in total. The summed E-state index contributed by atoms with van der Waals surface area (Å²) in [6, 6.07) is 3.13. The maximum absolute atomic E-state index is 12.4. The summed E-state index contributed by atoms with van der Waals surface area (Å²) in [5.74, 6) is 5.62. The van der Waals surface area contributed by atoms with Gasteiger partial charge in [0.05, 0.1) is 11.7 Å². The lowest BCUT2D eigenvalue weighted by Crippen LogP contribution is -2.35. The Bertz CT molecular complexity index is 806. The molecule has 0 saturated carbocycles. The van der Waals surface area contributed by atoms with Crippen molar-refractivity contribution in [2.45, 2.75) is 65.2 Å². The fourth-order valence-electron chi connectivity index (χ4n) is 2.21. The number of alkyl carbamates (subject to hydrolysis) is 1. The molecule has 152 valence electrons. The first-order valence-electron chi connectivity index (χ1n) is 9.03. The molecular weight excluding hydrogens is 420 g/mol. The van der Waals surface area contributed by atoms with Gasteiger partial charge in [-0.3, -0.25) is 0 Å². The van der Waals surface area contributed by atoms with Crippen molar-refractivity contribution in [1.82, 2.24) is 10.3 Å². The smallest absolute Gasteiger partial charge is 0.408 e. The van der Waals surface area contributed by atoms with Crippen LogP contribution in [0.4, 0.5) is 4.79 Å². The monoisotopic (exact) mass is 448 g/mol. The lowest BCUT2D eigenvalue weighted by atomic mass is 10.0. The molecule has 0 aliphatic rings. The summed E-state index contributed by atoms with van der Waals surface area (Å²) in [4.78, 5) is 17.0. The number of ether oxygens (including phenoxy) is 1. The number of halogens is 1. The van der Waals surface area contributed by atoms with Crippen LogP contribution in [0.5, 0.6) is 0 Å². The molecule has 6 heteroatoms. The van der Waals surface area contributed by atoms with Crippen LogP contribution in [-0.2, 0) is 4.74 Å². The van der Waals surface area contributed by atoms with Gasteiger partial charge in [-0.2, -0.15) is 0 Å². The molecule has 1 atom stereocenters. The number of hydrogen-bond acceptors (Lipinski definition) is 4. The van der Waals surface area contributed by atoms with Crippen LogP contribution in [0.15, 0.2) is 40.9 Å². The van der Waals surface area contributed by atoms with Crippen LogP contribution in [-0.4, -0.2) is 27.4 Å². The van der Waals surface area contributed by atoms with Gasteiger partial charge in [0.2, 0.25) is 0 Å². The lowest BCUT2D eigenvalue weighted by molar-refractivity contribution is 0.0502. The van der Waals surface area contributed by atoms with Crippen LogP contribution in [0, 0.1) is 11.8 Å². The molecule has 1 aromatic heterocycles. The number of aromatic nitrogens is 1. The summed E-state index contributed by atoms with van der Waals surface area (Å²) in [5.41, 5.74) is 0.347. The molecule has 0 spiro atoms. The Labute approximate surface area is 176 Å². The maximum atomic E-state index is 12.4. The first-order valence-corrected chi connectivity index (χ1v) is 9.83. The van der Waals surface area contributed by atoms with E-state index in [9.17, 15) is 9.90 Å². The average molecular weight is 449 g/mol. The van der Waals surface area contributed by atoms with Crippen molar-refractivity contribution >= 4 is 22.0 Å². The molecule has 28 heavy (non-hydrogen) atoms. The molecule has 1 rings (SSSR count). The first-order chi connectivity index (χ1) is 12.8. The van der Waals surface area contributed by atoms with Crippen molar-refractivity contribution in [3.05, 3.63) is 52.3 Å². The third-order valence-electron chi connectivity index (χ3n) is 3.46. The van der Waals surface area contributed by atoms with E-state index >= 15 is 0 Å². The number of carbonyl (C=O) groups is 1. The molecule has 0 aromatic carbocycles. The van der Waals surface area contributed by atoms with Gasteiger partial charge in [-0.1, -0.05) is 30.2 Å². The van der Waals surface area contributed by atoms with E-state index in [1.54, 1.807) is 26.0 Å². The number of allylic oxidation sites excluding steroid dienone is 2. The number of amides is 1. The van der Waals surface area contributed by atoms with Crippen molar-refractivity contribution < 1.29 is 14.6 Å². The Balaban J connectivity index is 3.29. The zero-order valence-electron chi connectivity index (χ0n) is 17.4. The zero-order valence-corrected chi connectivity index (χ0v) is 19.0. The van der Waals surface area contributed by atoms with Crippen LogP contribution >= 0.6 is 15.9 Å². The molecule has 5 nitrogen and oxygen atoms in total. The lowest BCUT2D eigenvalue weighted by Gasteiger charge is -2.24. The molecule has 0 aliphatic carbocycles. The van der Waals surface area contributed by atoms with Crippen molar-refractivity contribution in [1.29, 1.82) is 0 Å². The zero-order chi connectivity index (χ0) is 21.5. The van der Waals surface area contributed by atoms with Gasteiger partial charge in [-0.25, -0.2) is 9.78 Å². The average Bonchev–Trinajstić information content (AvgIpc) is 2.55. The molecule has 1 amide bonds. The SMILES string of the molecule is C=C/C(=C\C)C[C@H](NC(=O)OC(C)(C)C)c1nc(C#CC(C)(C)O)ccc1Br. The summed E-state index contributed by atoms with van der Waals surface area (Å²) in [5, 5.41) is 12.7. The van der Waals surface area contributed by atoms with Gasteiger partial charge in [0, 0.05) is 4.47 Å². The number of carbonyl (C=O) groups excluding carboxylic acids is 1. The van der Waals surface area contributed by atoms with Gasteiger partial charge >= 0.3 is 6.09 Å². The van der Waals surface area contributed by atoms with E-state index in [4.69, 9.17) is 4.74 Å². The predicted molar refractivity (Wildman–Crippen MR) is 116 cm³/mol. The Morgan fingerprint density at radius 3 is 2.54 bits per heavy atom. The van der Waals surface area contributed by atoms with Gasteiger partial charge in [0.1, 0.15) is 16.9 Å². The van der Waals surface area contributed by atoms with Crippen molar-refractivity contribution in [3.8, 4) is 11.8 Å². The Morgan fingerprint density at radius 1 is 1.39 bits per heavy atom. The minimum absolute atomic E-state index is 0.447. The highest BCUT2D eigenvalue weighted by molar-refractivity contribution is 9.10. The maximum Gasteiger partial charge on any atom is 0.408 e. The minimum Gasteiger partial charge on any atom is -0.444 e. The topological polar surface area (TPSA) is 71.5 Å². The van der Waals surface area contributed by atoms with E-state index in [0.717, 1.165) is 10.0 Å². The second kappa shape index (κ2) is 9.90. The number of rotatable bonds is 5. The van der Waals surface area contributed by atoms with Crippen LogP contribution in [0.25, 0.3) is 0 Å². The van der Waals surface area contributed by atoms with E-state index < -0.39 is 23.3 Å². The fourth-order valence-corrected chi connectivity index (χ4v) is 2.71. The van der Waals surface area contributed by atoms with E-state index in [-0.39, 0.29) is 0 Å². The Hall–Kier alpha value is -2.10. The largest absolute Gasteiger partial charge is 0.444 e. The standard InChI is InChI=1S/C22H29BrN2O3/c1-8-15(9-2)14-18(25-20(26)28-21(3,4)5)19-17(23)11-10-16(24-19)12-13-22(6,7)27/h8-11,18,27H,1,14H2,2-7H3,(H,25,26)/b15-9+/t18-/m0/s1. The number of pyridine rings is 1. The number of aliphatic hydroxyl groups is 1. The molecule has 0 aliphatic heterocycles. The van der Waals surface area contributed by atoms with Crippen molar-refractivity contribution in [3.63, 3.8) is 0 Å². The normalized spacial score (nSPS) is 13.2. The van der Waals surface area contributed by atoms with Gasteiger partial charge in [-0.05, 0) is 81.9 Å². The molecule has 0 unspecified atom stereocenters. The third-order valence-corrected chi connectivity index (χ3v) is 4.13. The third kappa shape index (κ3) is 8.73. The first kappa shape index (κ1) is 23.9. The highest BCUT2D eigenvalue weighted by atomic mass is 79.9. The van der Waals surface area contributed by atoms with Crippen LogP contribution < -0.4 is 5.32 Å². The summed E-state index contributed by atoms with van der Waals surface area (Å²) in [7, 11) is 0. The van der Waals surface area contributed by atoms with Crippen LogP contribution in [0.2, 0.25) is 0 Å². The van der Waals surface area contributed by atoms with E-state index in [1.807, 2.05) is 39.8 Å². The summed E-state index contributed by atoms with van der Waals surface area (Å²) >= 11 is 3.51. The second-order valence-electron chi connectivity index (χ2n) is 7.84. The molecular formula is C22H29BrN2O3. The van der Waals surface area contributed by atoms with E-state index in [2.05, 4.69) is 44.7 Å². The van der Waals surface area contributed by atoms with Crippen molar-refractivity contribution in [2.75, 3.05) is 0 Å². The Morgan fingerprint density at radius 2 is 2.04 bits per heavy atom. The molecule has 1 heterocycles. The van der Waals surface area contributed by atoms with Gasteiger partial charge in [0.15, 0.2) is 0 Å². The summed E-state index contributed by atoms with van der Waals surface area (Å²) in [6.07, 6.45) is 3.64. The molecule has 1 aromatic rings. The van der Waals surface area contributed by atoms with Crippen LogP contribution in [0.3, 0.4) is 0 Å². The summed E-state index contributed by atoms with van der Waals surface area (Å²) < 4.78 is 6.14. The number of nitrogens with zero attached hydrogens (tertiary/aromatic N) is 1. The second-order valence-corrected chi connectivity index (χ2v) is 8.70. The van der Waals surface area contributed by atoms with Gasteiger partial charge in [0.25, 0.3) is 0 Å². The highest BCUT2D eigenvalue weighted by Crippen LogP contribution is 2.27. The number of nitrogens with one attached hydrogen (secondary N) is 1. The fraction of sp³-hybridized carbons (Fsp3) is 0.455. The summed E-state index contributed by atoms with van der Waals surface area (Å²) in [6.45, 7) is 14.4. The molecule has 0 saturated heterocycles. The molecule has 0 bridgehead atoms. The predicted octanol–water partition coefficient (Wildman–Crippen LogP) is 5.05. The van der Waals surface area contributed by atoms with Gasteiger partial charge in [-0.15, -0.1) is 0 Å². The van der Waals surface area contributed by atoms with Crippen LogP contribution in [0.1, 0.15) is 65.4 Å². The molecule has 0 radical (unpaired) electrons. The molecule has 0 fully saturated rings. The minimum atomic E-state index is -1.12. The van der Waals surface area contributed by atoms with Crippen molar-refractivity contribution in [2.24, 2.45) is 0 Å². The quantitative estimate of drug-likeness (QED) is 0.487. The Kier molecular flexibility index (Phi) is 8.47. The highest BCUT2D eigenvalue weighted by Gasteiger charge is 2.23. The van der Waals surface area contributed by atoms with E-state index in [0.29, 0.717) is 17.8 Å². The van der Waals surface area contributed by atoms with E-state index in [1.165, 1.54) is 0 Å². The number of hydrogen-bond donors (Lipinski definition) is 2.